The van der Waals surface area contributed by atoms with Gasteiger partial charge in [-0.05, 0) is 6.07 Å². The fraction of sp³-hybridized carbons (Fsp3) is 0.364. The first-order chi connectivity index (χ1) is 9.35. The Morgan fingerprint density at radius 2 is 2.05 bits per heavy atom. The van der Waals surface area contributed by atoms with Crippen LogP contribution in [0.15, 0.2) is 24.3 Å². The van der Waals surface area contributed by atoms with Gasteiger partial charge in [-0.2, -0.15) is 0 Å². The summed E-state index contributed by atoms with van der Waals surface area (Å²) in [7, 11) is 0. The first-order valence-electron chi connectivity index (χ1n) is 5.67. The predicted molar refractivity (Wildman–Crippen MR) is 68.6 cm³/mol. The van der Waals surface area contributed by atoms with Gasteiger partial charge in [0.15, 0.2) is 0 Å². The Balaban J connectivity index is 2.52. The van der Waals surface area contributed by atoms with Crippen molar-refractivity contribution in [1.82, 2.24) is 5.32 Å². The van der Waals surface area contributed by atoms with Crippen molar-refractivity contribution >= 4 is 17.3 Å². The third-order valence-corrected chi connectivity index (χ3v) is 2.38. The number of nitrogens with two attached hydrogens (primary N) is 1. The molecule has 0 radical (unpaired) electrons. The lowest BCUT2D eigenvalue weighted by Gasteiger charge is -2.14. The summed E-state index contributed by atoms with van der Waals surface area (Å²) in [5, 5.41) is 15.2. The first kappa shape index (κ1) is 15.8. The standard InChI is InChI=1S/C11H14F2N4O3/c12-11(13,6-14)7-16-10(18)5-15-8-3-1-2-4-9(8)17(19)20/h1-4,15H,5-7,14H2,(H,16,18). The third-order valence-electron chi connectivity index (χ3n) is 2.38. The van der Waals surface area contributed by atoms with Crippen LogP contribution in [-0.4, -0.2) is 36.4 Å². The van der Waals surface area contributed by atoms with Gasteiger partial charge in [0.25, 0.3) is 11.6 Å². The molecule has 0 aliphatic carbocycles. The second-order valence-electron chi connectivity index (χ2n) is 3.96. The normalized spacial score (nSPS) is 10.9. The highest BCUT2D eigenvalue weighted by Gasteiger charge is 2.27. The van der Waals surface area contributed by atoms with E-state index in [9.17, 15) is 23.7 Å². The van der Waals surface area contributed by atoms with Crippen LogP contribution < -0.4 is 16.4 Å². The number of amides is 1. The number of alkyl halides is 2. The van der Waals surface area contributed by atoms with E-state index in [1.54, 1.807) is 6.07 Å². The van der Waals surface area contributed by atoms with Crippen molar-refractivity contribution in [2.45, 2.75) is 5.92 Å². The second-order valence-corrected chi connectivity index (χ2v) is 3.96. The summed E-state index contributed by atoms with van der Waals surface area (Å²) < 4.78 is 25.6. The number of hydrogen-bond acceptors (Lipinski definition) is 5. The summed E-state index contributed by atoms with van der Waals surface area (Å²) in [6, 6.07) is 5.71. The Morgan fingerprint density at radius 3 is 2.65 bits per heavy atom. The lowest BCUT2D eigenvalue weighted by atomic mass is 10.2. The molecule has 1 rings (SSSR count). The number of nitro benzene ring substituents is 1. The summed E-state index contributed by atoms with van der Waals surface area (Å²) in [4.78, 5) is 21.4. The van der Waals surface area contributed by atoms with Gasteiger partial charge in [-0.1, -0.05) is 12.1 Å². The molecule has 110 valence electrons. The smallest absolute Gasteiger partial charge is 0.292 e. The van der Waals surface area contributed by atoms with Crippen molar-refractivity contribution in [2.24, 2.45) is 5.73 Å². The van der Waals surface area contributed by atoms with Crippen LogP contribution in [0.2, 0.25) is 0 Å². The molecule has 0 aliphatic heterocycles. The number of anilines is 1. The summed E-state index contributed by atoms with van der Waals surface area (Å²) in [5.41, 5.74) is 4.75. The molecule has 0 heterocycles. The number of carbonyl (C=O) groups is 1. The molecular formula is C11H14F2N4O3. The number of hydrogen-bond donors (Lipinski definition) is 3. The molecule has 0 aromatic heterocycles. The number of para-hydroxylation sites is 2. The molecule has 7 nitrogen and oxygen atoms in total. The molecule has 0 saturated heterocycles. The predicted octanol–water partition coefficient (Wildman–Crippen LogP) is 0.717. The van der Waals surface area contributed by atoms with Crippen LogP contribution in [0.4, 0.5) is 20.2 Å². The van der Waals surface area contributed by atoms with E-state index in [-0.39, 0.29) is 17.9 Å². The monoisotopic (exact) mass is 288 g/mol. The molecule has 1 amide bonds. The van der Waals surface area contributed by atoms with Gasteiger partial charge in [0, 0.05) is 6.07 Å². The molecule has 0 atom stereocenters. The third kappa shape index (κ3) is 4.76. The molecule has 0 spiro atoms. The SMILES string of the molecule is NCC(F)(F)CNC(=O)CNc1ccccc1[N+](=O)[O-]. The summed E-state index contributed by atoms with van der Waals surface area (Å²) in [6.45, 7) is -2.10. The molecule has 1 aromatic carbocycles. The van der Waals surface area contributed by atoms with Gasteiger partial charge in [-0.15, -0.1) is 0 Å². The van der Waals surface area contributed by atoms with Crippen molar-refractivity contribution in [1.29, 1.82) is 0 Å². The minimum absolute atomic E-state index is 0.137. The molecule has 20 heavy (non-hydrogen) atoms. The van der Waals surface area contributed by atoms with Crippen LogP contribution >= 0.6 is 0 Å². The fourth-order valence-corrected chi connectivity index (χ4v) is 1.32. The Morgan fingerprint density at radius 1 is 1.40 bits per heavy atom. The van der Waals surface area contributed by atoms with Gasteiger partial charge in [0.05, 0.1) is 24.6 Å². The van der Waals surface area contributed by atoms with E-state index in [2.05, 4.69) is 5.32 Å². The molecule has 0 bridgehead atoms. The van der Waals surface area contributed by atoms with Gasteiger partial charge >= 0.3 is 0 Å². The molecule has 0 aliphatic rings. The van der Waals surface area contributed by atoms with Crippen molar-refractivity contribution in [2.75, 3.05) is 25.0 Å². The minimum atomic E-state index is -3.17. The molecule has 0 unspecified atom stereocenters. The van der Waals surface area contributed by atoms with E-state index >= 15 is 0 Å². The van der Waals surface area contributed by atoms with Crippen molar-refractivity contribution in [3.63, 3.8) is 0 Å². The quantitative estimate of drug-likeness (QED) is 0.505. The van der Waals surface area contributed by atoms with E-state index in [1.165, 1.54) is 18.2 Å². The van der Waals surface area contributed by atoms with Crippen molar-refractivity contribution in [3.05, 3.63) is 34.4 Å². The molecule has 4 N–H and O–H groups in total. The van der Waals surface area contributed by atoms with Crippen LogP contribution in [0.1, 0.15) is 0 Å². The summed E-state index contributed by atoms with van der Waals surface area (Å²) in [6.07, 6.45) is 0. The number of nitrogens with one attached hydrogen (secondary N) is 2. The van der Waals surface area contributed by atoms with Crippen LogP contribution in [0, 0.1) is 10.1 Å². The molecular weight excluding hydrogens is 274 g/mol. The van der Waals surface area contributed by atoms with Gasteiger partial charge < -0.3 is 16.4 Å². The Kier molecular flexibility index (Phi) is 5.32. The van der Waals surface area contributed by atoms with E-state index in [1.807, 2.05) is 5.32 Å². The molecule has 1 aromatic rings. The zero-order valence-electron chi connectivity index (χ0n) is 10.4. The van der Waals surface area contributed by atoms with Crippen LogP contribution in [0.5, 0.6) is 0 Å². The number of halogens is 2. The number of rotatable bonds is 7. The number of nitrogens with zero attached hydrogens (tertiary/aromatic N) is 1. The molecule has 0 saturated carbocycles. The zero-order valence-corrected chi connectivity index (χ0v) is 10.4. The molecule has 9 heteroatoms. The fourth-order valence-electron chi connectivity index (χ4n) is 1.32. The van der Waals surface area contributed by atoms with Gasteiger partial charge in [0.1, 0.15) is 5.69 Å². The lowest BCUT2D eigenvalue weighted by molar-refractivity contribution is -0.383. The Labute approximate surface area is 113 Å². The second kappa shape index (κ2) is 6.75. The maximum atomic E-state index is 12.8. The highest BCUT2D eigenvalue weighted by Crippen LogP contribution is 2.22. The van der Waals surface area contributed by atoms with Crippen LogP contribution in [0.3, 0.4) is 0 Å². The molecule has 0 fully saturated rings. The van der Waals surface area contributed by atoms with E-state index in [0.717, 1.165) is 0 Å². The summed E-state index contributed by atoms with van der Waals surface area (Å²) >= 11 is 0. The zero-order chi connectivity index (χ0) is 15.2. The highest BCUT2D eigenvalue weighted by atomic mass is 19.3. The minimum Gasteiger partial charge on any atom is -0.371 e. The number of nitro groups is 1. The van der Waals surface area contributed by atoms with Crippen molar-refractivity contribution in [3.8, 4) is 0 Å². The summed E-state index contributed by atoms with van der Waals surface area (Å²) in [5.74, 6) is -3.88. The van der Waals surface area contributed by atoms with E-state index < -0.39 is 29.8 Å². The average Bonchev–Trinajstić information content (AvgIpc) is 2.43. The number of carbonyl (C=O) groups excluding carboxylic acids is 1. The first-order valence-corrected chi connectivity index (χ1v) is 5.67. The topological polar surface area (TPSA) is 110 Å². The van der Waals surface area contributed by atoms with Crippen molar-refractivity contribution < 1.29 is 18.5 Å². The average molecular weight is 288 g/mol. The maximum absolute atomic E-state index is 12.8. The van der Waals surface area contributed by atoms with Gasteiger partial charge in [-0.25, -0.2) is 8.78 Å². The highest BCUT2D eigenvalue weighted by molar-refractivity contribution is 5.81. The Hall–Kier alpha value is -2.29. The maximum Gasteiger partial charge on any atom is 0.292 e. The lowest BCUT2D eigenvalue weighted by Crippen LogP contribution is -2.43. The van der Waals surface area contributed by atoms with Gasteiger partial charge in [0.2, 0.25) is 5.91 Å². The van der Waals surface area contributed by atoms with E-state index in [0.29, 0.717) is 0 Å². The number of benzene rings is 1. The Bertz CT molecular complexity index is 496. The largest absolute Gasteiger partial charge is 0.371 e. The van der Waals surface area contributed by atoms with Crippen LogP contribution in [-0.2, 0) is 4.79 Å². The van der Waals surface area contributed by atoms with Crippen LogP contribution in [0.25, 0.3) is 0 Å². The van der Waals surface area contributed by atoms with Gasteiger partial charge in [-0.3, -0.25) is 14.9 Å². The van der Waals surface area contributed by atoms with E-state index in [4.69, 9.17) is 5.73 Å².